The molecule has 1 atom stereocenters. The fourth-order valence-corrected chi connectivity index (χ4v) is 3.98. The highest BCUT2D eigenvalue weighted by Gasteiger charge is 2.23. The van der Waals surface area contributed by atoms with Gasteiger partial charge < -0.3 is 20.0 Å². The number of hydrogen-bond acceptors (Lipinski definition) is 4. The van der Waals surface area contributed by atoms with Crippen LogP contribution >= 0.6 is 0 Å². The SMILES string of the molecule is CCNC(=NCCC(=O)N1CCCCC1C)N1CCN(c2ccccn2)CC1. The van der Waals surface area contributed by atoms with Gasteiger partial charge in [-0.3, -0.25) is 9.79 Å². The monoisotopic (exact) mass is 386 g/mol. The molecule has 154 valence electrons. The summed E-state index contributed by atoms with van der Waals surface area (Å²) >= 11 is 0. The Bertz CT molecular complexity index is 642. The number of aliphatic imine (C=N–C) groups is 1. The Morgan fingerprint density at radius 3 is 2.71 bits per heavy atom. The number of likely N-dealkylation sites (tertiary alicyclic amines) is 1. The number of hydrogen-bond donors (Lipinski definition) is 1. The molecule has 0 saturated carbocycles. The molecule has 2 aliphatic rings. The van der Waals surface area contributed by atoms with E-state index in [1.807, 2.05) is 23.2 Å². The molecule has 0 aliphatic carbocycles. The number of carbonyl (C=O) groups is 1. The van der Waals surface area contributed by atoms with E-state index < -0.39 is 0 Å². The Labute approximate surface area is 168 Å². The van der Waals surface area contributed by atoms with Crippen LogP contribution in [0.5, 0.6) is 0 Å². The second kappa shape index (κ2) is 10.3. The first-order valence-corrected chi connectivity index (χ1v) is 10.7. The zero-order chi connectivity index (χ0) is 19.8. The molecule has 28 heavy (non-hydrogen) atoms. The maximum absolute atomic E-state index is 12.5. The van der Waals surface area contributed by atoms with Crippen molar-refractivity contribution in [3.63, 3.8) is 0 Å². The highest BCUT2D eigenvalue weighted by atomic mass is 16.2. The predicted molar refractivity (Wildman–Crippen MR) is 114 cm³/mol. The summed E-state index contributed by atoms with van der Waals surface area (Å²) in [5.41, 5.74) is 0. The van der Waals surface area contributed by atoms with Crippen LogP contribution in [0.15, 0.2) is 29.4 Å². The molecule has 2 aliphatic heterocycles. The molecule has 7 nitrogen and oxygen atoms in total. The van der Waals surface area contributed by atoms with Gasteiger partial charge >= 0.3 is 0 Å². The molecular weight excluding hydrogens is 352 g/mol. The zero-order valence-electron chi connectivity index (χ0n) is 17.3. The second-order valence-corrected chi connectivity index (χ2v) is 7.58. The minimum absolute atomic E-state index is 0.242. The molecule has 1 amide bonds. The molecule has 2 fully saturated rings. The smallest absolute Gasteiger partial charge is 0.224 e. The zero-order valence-corrected chi connectivity index (χ0v) is 17.3. The third-order valence-electron chi connectivity index (χ3n) is 5.60. The summed E-state index contributed by atoms with van der Waals surface area (Å²) < 4.78 is 0. The van der Waals surface area contributed by atoms with E-state index in [-0.39, 0.29) is 5.91 Å². The van der Waals surface area contributed by atoms with E-state index in [9.17, 15) is 4.79 Å². The second-order valence-electron chi connectivity index (χ2n) is 7.58. The Morgan fingerprint density at radius 2 is 2.04 bits per heavy atom. The number of anilines is 1. The topological polar surface area (TPSA) is 64.1 Å². The number of pyridine rings is 1. The van der Waals surface area contributed by atoms with E-state index in [4.69, 9.17) is 4.99 Å². The van der Waals surface area contributed by atoms with Crippen LogP contribution in [0.2, 0.25) is 0 Å². The van der Waals surface area contributed by atoms with Gasteiger partial charge in [0.15, 0.2) is 5.96 Å². The van der Waals surface area contributed by atoms with E-state index in [2.05, 4.69) is 40.0 Å². The average Bonchev–Trinajstić information content (AvgIpc) is 2.74. The molecule has 1 aromatic rings. The van der Waals surface area contributed by atoms with Crippen molar-refractivity contribution >= 4 is 17.7 Å². The third-order valence-corrected chi connectivity index (χ3v) is 5.60. The fourth-order valence-electron chi connectivity index (χ4n) is 3.98. The van der Waals surface area contributed by atoms with Crippen molar-refractivity contribution in [2.75, 3.05) is 50.7 Å². The predicted octanol–water partition coefficient (Wildman–Crippen LogP) is 1.96. The average molecular weight is 387 g/mol. The first-order valence-electron chi connectivity index (χ1n) is 10.7. The van der Waals surface area contributed by atoms with Crippen molar-refractivity contribution in [1.29, 1.82) is 0 Å². The normalized spacial score (nSPS) is 21.0. The summed E-state index contributed by atoms with van der Waals surface area (Å²) in [6.07, 6.45) is 5.82. The summed E-state index contributed by atoms with van der Waals surface area (Å²) in [4.78, 5) is 28.4. The number of aromatic nitrogens is 1. The summed E-state index contributed by atoms with van der Waals surface area (Å²) in [5, 5.41) is 3.39. The number of guanidine groups is 1. The van der Waals surface area contributed by atoms with Gasteiger partial charge in [0.05, 0.1) is 6.54 Å². The highest BCUT2D eigenvalue weighted by molar-refractivity contribution is 5.81. The number of carbonyl (C=O) groups excluding carboxylic acids is 1. The maximum atomic E-state index is 12.5. The van der Waals surface area contributed by atoms with Crippen LogP contribution in [0.1, 0.15) is 39.5 Å². The summed E-state index contributed by atoms with van der Waals surface area (Å²) in [6, 6.07) is 6.41. The minimum atomic E-state index is 0.242. The minimum Gasteiger partial charge on any atom is -0.357 e. The number of nitrogens with zero attached hydrogens (tertiary/aromatic N) is 5. The lowest BCUT2D eigenvalue weighted by Gasteiger charge is -2.37. The van der Waals surface area contributed by atoms with E-state index in [1.165, 1.54) is 6.42 Å². The Balaban J connectivity index is 1.51. The highest BCUT2D eigenvalue weighted by Crippen LogP contribution is 2.17. The molecule has 1 aromatic heterocycles. The fraction of sp³-hybridized carbons (Fsp3) is 0.667. The largest absolute Gasteiger partial charge is 0.357 e. The van der Waals surface area contributed by atoms with Crippen molar-refractivity contribution in [2.45, 2.75) is 45.6 Å². The first-order chi connectivity index (χ1) is 13.7. The van der Waals surface area contributed by atoms with Gasteiger partial charge in [-0.05, 0) is 45.2 Å². The number of piperazine rings is 1. The molecule has 3 rings (SSSR count). The lowest BCUT2D eigenvalue weighted by atomic mass is 10.0. The van der Waals surface area contributed by atoms with Crippen LogP contribution in [0, 0.1) is 0 Å². The molecule has 0 radical (unpaired) electrons. The molecule has 0 bridgehead atoms. The Morgan fingerprint density at radius 1 is 1.21 bits per heavy atom. The first kappa shape index (κ1) is 20.4. The van der Waals surface area contributed by atoms with Crippen LogP contribution in [-0.2, 0) is 4.79 Å². The van der Waals surface area contributed by atoms with Gasteiger partial charge in [0, 0.05) is 57.9 Å². The van der Waals surface area contributed by atoms with Crippen molar-refractivity contribution in [2.24, 2.45) is 4.99 Å². The van der Waals surface area contributed by atoms with Crippen LogP contribution in [0.25, 0.3) is 0 Å². The van der Waals surface area contributed by atoms with Crippen molar-refractivity contribution < 1.29 is 4.79 Å². The number of nitrogens with one attached hydrogen (secondary N) is 1. The lowest BCUT2D eigenvalue weighted by molar-refractivity contribution is -0.134. The van der Waals surface area contributed by atoms with E-state index in [0.717, 1.165) is 63.9 Å². The van der Waals surface area contributed by atoms with Crippen LogP contribution in [0.3, 0.4) is 0 Å². The van der Waals surface area contributed by atoms with Gasteiger partial charge in [0.1, 0.15) is 5.82 Å². The van der Waals surface area contributed by atoms with Crippen molar-refractivity contribution in [3.05, 3.63) is 24.4 Å². The Kier molecular flexibility index (Phi) is 7.51. The standard InChI is InChI=1S/C21H34N6O/c1-3-22-21(24-12-10-20(28)27-13-7-5-8-18(27)2)26-16-14-25(15-17-26)19-9-4-6-11-23-19/h4,6,9,11,18H,3,5,7-8,10,12-17H2,1-2H3,(H,22,24). The number of rotatable bonds is 5. The van der Waals surface area contributed by atoms with Gasteiger partial charge in [-0.1, -0.05) is 6.07 Å². The van der Waals surface area contributed by atoms with Crippen LogP contribution in [0.4, 0.5) is 5.82 Å². The molecule has 1 N–H and O–H groups in total. The summed E-state index contributed by atoms with van der Waals surface area (Å²) in [7, 11) is 0. The van der Waals surface area contributed by atoms with Crippen LogP contribution in [-0.4, -0.2) is 78.5 Å². The van der Waals surface area contributed by atoms with E-state index >= 15 is 0 Å². The van der Waals surface area contributed by atoms with Crippen LogP contribution < -0.4 is 10.2 Å². The lowest BCUT2D eigenvalue weighted by Crippen LogP contribution is -2.52. The third kappa shape index (κ3) is 5.36. The van der Waals surface area contributed by atoms with Gasteiger partial charge in [-0.25, -0.2) is 4.98 Å². The number of amides is 1. The van der Waals surface area contributed by atoms with Gasteiger partial charge in [-0.15, -0.1) is 0 Å². The van der Waals surface area contributed by atoms with Gasteiger partial charge in [0.2, 0.25) is 5.91 Å². The molecule has 3 heterocycles. The summed E-state index contributed by atoms with van der Waals surface area (Å²) in [5.74, 6) is 2.19. The molecule has 0 spiro atoms. The molecule has 7 heteroatoms. The molecule has 0 aromatic carbocycles. The van der Waals surface area contributed by atoms with E-state index in [0.29, 0.717) is 19.0 Å². The van der Waals surface area contributed by atoms with Crippen molar-refractivity contribution in [1.82, 2.24) is 20.1 Å². The van der Waals surface area contributed by atoms with Crippen molar-refractivity contribution in [3.8, 4) is 0 Å². The summed E-state index contributed by atoms with van der Waals surface area (Å²) in [6.45, 7) is 10.2. The molecular formula is C21H34N6O. The Hall–Kier alpha value is -2.31. The van der Waals surface area contributed by atoms with Gasteiger partial charge in [-0.2, -0.15) is 0 Å². The number of piperidine rings is 1. The van der Waals surface area contributed by atoms with Gasteiger partial charge in [0.25, 0.3) is 0 Å². The quantitative estimate of drug-likeness (QED) is 0.619. The van der Waals surface area contributed by atoms with E-state index in [1.54, 1.807) is 0 Å². The maximum Gasteiger partial charge on any atom is 0.224 e. The molecule has 2 saturated heterocycles. The molecule has 1 unspecified atom stereocenters.